The van der Waals surface area contributed by atoms with Crippen LogP contribution in [0.3, 0.4) is 0 Å². The van der Waals surface area contributed by atoms with Gasteiger partial charge in [0.15, 0.2) is 0 Å². The molecule has 0 aliphatic heterocycles. The molecule has 0 heterocycles. The predicted octanol–water partition coefficient (Wildman–Crippen LogP) is -1.73. The summed E-state index contributed by atoms with van der Waals surface area (Å²) < 4.78 is 31.9. The molecule has 0 radical (unpaired) electrons. The molecular formula is C2H8O5Se. The van der Waals surface area contributed by atoms with Crippen LogP contribution in [0.15, 0.2) is 0 Å². The van der Waals surface area contributed by atoms with Gasteiger partial charge < -0.3 is 5.11 Å². The van der Waals surface area contributed by atoms with Crippen LogP contribution in [0.2, 0.25) is 0 Å². The topological polar surface area (TPSA) is 94.8 Å². The summed E-state index contributed by atoms with van der Waals surface area (Å²) in [7, 11) is 0. The molecular weight excluding hydrogens is 183 g/mol. The zero-order valence-electron chi connectivity index (χ0n) is 4.27. The molecule has 52 valence electrons. The van der Waals surface area contributed by atoms with Crippen LogP contribution >= 0.6 is 0 Å². The molecule has 5 nitrogen and oxygen atoms in total. The van der Waals surface area contributed by atoms with Crippen molar-refractivity contribution in [2.75, 3.05) is 6.61 Å². The van der Waals surface area contributed by atoms with Crippen molar-refractivity contribution in [2.24, 2.45) is 0 Å². The normalized spacial score (nSPS) is 9.50. The number of rotatable bonds is 0. The monoisotopic (exact) mass is 192 g/mol. The molecule has 0 fully saturated rings. The zero-order chi connectivity index (χ0) is 7.21. The second-order valence-electron chi connectivity index (χ2n) is 0.764. The van der Waals surface area contributed by atoms with Crippen molar-refractivity contribution in [3.05, 3.63) is 0 Å². The minimum absolute atomic E-state index is 0.250. The first kappa shape index (κ1) is 10.9. The molecule has 0 amide bonds. The summed E-state index contributed by atoms with van der Waals surface area (Å²) in [6.07, 6.45) is 0. The van der Waals surface area contributed by atoms with Crippen molar-refractivity contribution >= 4 is 13.4 Å². The molecule has 8 heavy (non-hydrogen) atoms. The van der Waals surface area contributed by atoms with Crippen LogP contribution in [0.5, 0.6) is 0 Å². The fourth-order valence-electron chi connectivity index (χ4n) is 0. The van der Waals surface area contributed by atoms with Crippen LogP contribution in [0.1, 0.15) is 6.92 Å². The van der Waals surface area contributed by atoms with Crippen LogP contribution in [-0.4, -0.2) is 33.5 Å². The van der Waals surface area contributed by atoms with Gasteiger partial charge in [-0.05, 0) is 6.92 Å². The van der Waals surface area contributed by atoms with Gasteiger partial charge in [0.05, 0.1) is 0 Å². The van der Waals surface area contributed by atoms with Gasteiger partial charge in [0.1, 0.15) is 0 Å². The second kappa shape index (κ2) is 5.14. The van der Waals surface area contributed by atoms with Crippen molar-refractivity contribution in [1.29, 1.82) is 0 Å². The SMILES string of the molecule is CCO.O=[Se](=O)(O)O. The number of aliphatic hydroxyl groups excluding tert-OH is 1. The Morgan fingerprint density at radius 2 is 1.38 bits per heavy atom. The van der Waals surface area contributed by atoms with Crippen molar-refractivity contribution in [1.82, 2.24) is 0 Å². The average molecular weight is 191 g/mol. The maximum absolute atomic E-state index is 8.82. The molecule has 0 unspecified atom stereocenters. The Bertz CT molecular complexity index is 104. The fourth-order valence-corrected chi connectivity index (χ4v) is 0. The van der Waals surface area contributed by atoms with E-state index in [0.29, 0.717) is 0 Å². The summed E-state index contributed by atoms with van der Waals surface area (Å²) in [5.74, 6) is 0. The van der Waals surface area contributed by atoms with Gasteiger partial charge in [-0.3, -0.25) is 0 Å². The molecule has 0 aliphatic rings. The summed E-state index contributed by atoms with van der Waals surface area (Å²) in [6, 6.07) is 0. The third-order valence-electron chi connectivity index (χ3n) is 0. The predicted molar refractivity (Wildman–Crippen MR) is 24.3 cm³/mol. The Balaban J connectivity index is 0. The third kappa shape index (κ3) is 556000000. The summed E-state index contributed by atoms with van der Waals surface area (Å²) in [4.78, 5) is 0. The first-order chi connectivity index (χ1) is 3.41. The third-order valence-corrected chi connectivity index (χ3v) is 0. The average Bonchev–Trinajstić information content (AvgIpc) is 1.27. The standard InChI is InChI=1S/C2H6O.H2O4Se/c1-2-3;1-5(2,3)4/h3H,2H2,1H3;(H2,1,2,3,4). The zero-order valence-corrected chi connectivity index (χ0v) is 5.99. The Morgan fingerprint density at radius 3 is 1.38 bits per heavy atom. The molecule has 0 aliphatic carbocycles. The Kier molecular flexibility index (Phi) is 7.00. The molecule has 0 rings (SSSR count). The molecule has 0 aromatic carbocycles. The van der Waals surface area contributed by atoms with E-state index >= 15 is 0 Å². The summed E-state index contributed by atoms with van der Waals surface area (Å²) in [5.41, 5.74) is 0. The number of aliphatic hydroxyl groups is 1. The maximum atomic E-state index is 8.82. The summed E-state index contributed by atoms with van der Waals surface area (Å²) >= 11 is -5.25. The molecule has 0 spiro atoms. The molecule has 3 N–H and O–H groups in total. The minimum atomic E-state index is -5.25. The van der Waals surface area contributed by atoms with E-state index in [0.717, 1.165) is 0 Å². The van der Waals surface area contributed by atoms with Gasteiger partial charge in [0.25, 0.3) is 0 Å². The number of hydrogen-bond acceptors (Lipinski definition) is 3. The Labute approximate surface area is 48.9 Å². The molecule has 0 saturated heterocycles. The van der Waals surface area contributed by atoms with Gasteiger partial charge in [0, 0.05) is 6.61 Å². The van der Waals surface area contributed by atoms with E-state index in [1.54, 1.807) is 6.92 Å². The van der Waals surface area contributed by atoms with E-state index in [9.17, 15) is 0 Å². The van der Waals surface area contributed by atoms with E-state index in [2.05, 4.69) is 0 Å². The number of hydrogen-bond donors (Lipinski definition) is 3. The fraction of sp³-hybridized carbons (Fsp3) is 1.00. The van der Waals surface area contributed by atoms with Gasteiger partial charge in [-0.15, -0.1) is 0 Å². The summed E-state index contributed by atoms with van der Waals surface area (Å²) in [5, 5.41) is 7.57. The molecule has 0 saturated carbocycles. The van der Waals surface area contributed by atoms with Gasteiger partial charge in [-0.25, -0.2) is 0 Å². The molecule has 0 aromatic rings. The van der Waals surface area contributed by atoms with E-state index < -0.39 is 13.4 Å². The van der Waals surface area contributed by atoms with Crippen LogP contribution in [-0.2, 0) is 7.67 Å². The van der Waals surface area contributed by atoms with Crippen LogP contribution in [0.25, 0.3) is 0 Å². The van der Waals surface area contributed by atoms with E-state index in [4.69, 9.17) is 21.2 Å². The van der Waals surface area contributed by atoms with Crippen LogP contribution < -0.4 is 0 Å². The Morgan fingerprint density at radius 1 is 1.38 bits per heavy atom. The quantitative estimate of drug-likeness (QED) is 0.395. The second-order valence-corrected chi connectivity index (χ2v) is 2.64. The van der Waals surface area contributed by atoms with Gasteiger partial charge in [-0.1, -0.05) is 0 Å². The van der Waals surface area contributed by atoms with Crippen molar-refractivity contribution < 1.29 is 21.2 Å². The van der Waals surface area contributed by atoms with E-state index in [-0.39, 0.29) is 6.61 Å². The van der Waals surface area contributed by atoms with E-state index in [1.165, 1.54) is 0 Å². The van der Waals surface area contributed by atoms with Gasteiger partial charge in [0.2, 0.25) is 0 Å². The molecule has 0 atom stereocenters. The Hall–Kier alpha value is -0.000519. The first-order valence-corrected chi connectivity index (χ1v) is 4.65. The van der Waals surface area contributed by atoms with Crippen molar-refractivity contribution in [3.63, 3.8) is 0 Å². The first-order valence-electron chi connectivity index (χ1n) is 1.72. The van der Waals surface area contributed by atoms with Gasteiger partial charge >= 0.3 is 29.4 Å². The van der Waals surface area contributed by atoms with Crippen molar-refractivity contribution in [2.45, 2.75) is 6.92 Å². The van der Waals surface area contributed by atoms with Crippen LogP contribution in [0.4, 0.5) is 0 Å². The van der Waals surface area contributed by atoms with E-state index in [1.807, 2.05) is 0 Å². The summed E-state index contributed by atoms with van der Waals surface area (Å²) in [6.45, 7) is 1.93. The molecule has 0 bridgehead atoms. The molecule has 6 heteroatoms. The molecule has 0 aromatic heterocycles. The van der Waals surface area contributed by atoms with Crippen molar-refractivity contribution in [3.8, 4) is 0 Å². The van der Waals surface area contributed by atoms with Gasteiger partial charge in [-0.2, -0.15) is 0 Å². The van der Waals surface area contributed by atoms with Crippen LogP contribution in [0, 0.1) is 0 Å².